The van der Waals surface area contributed by atoms with Gasteiger partial charge in [-0.05, 0) is 42.3 Å². The van der Waals surface area contributed by atoms with Gasteiger partial charge in [0, 0.05) is 17.7 Å². The van der Waals surface area contributed by atoms with Crippen molar-refractivity contribution in [2.24, 2.45) is 0 Å². The Bertz CT molecular complexity index is 948. The zero-order valence-electron chi connectivity index (χ0n) is 14.3. The Hall–Kier alpha value is -3.28. The molecule has 132 valence electrons. The van der Waals surface area contributed by atoms with Gasteiger partial charge in [-0.2, -0.15) is 0 Å². The Kier molecular flexibility index (Phi) is 4.31. The molecule has 4 rings (SSSR count). The van der Waals surface area contributed by atoms with Crippen LogP contribution < -0.4 is 14.8 Å². The van der Waals surface area contributed by atoms with Crippen LogP contribution in [0, 0.1) is 0 Å². The Labute approximate surface area is 150 Å². The SMILES string of the molecule is COc1cccc(-c2cnc(COc3ccc4c(c3)CCNC4=O)o2)c1. The summed E-state index contributed by atoms with van der Waals surface area (Å²) in [6.07, 6.45) is 2.47. The van der Waals surface area contributed by atoms with Crippen molar-refractivity contribution in [1.29, 1.82) is 0 Å². The maximum Gasteiger partial charge on any atom is 0.251 e. The van der Waals surface area contributed by atoms with Crippen molar-refractivity contribution in [3.63, 3.8) is 0 Å². The van der Waals surface area contributed by atoms with E-state index >= 15 is 0 Å². The molecule has 1 aliphatic heterocycles. The van der Waals surface area contributed by atoms with Gasteiger partial charge in [0.05, 0.1) is 13.3 Å². The Morgan fingerprint density at radius 3 is 3.00 bits per heavy atom. The predicted octanol–water partition coefficient (Wildman–Crippen LogP) is 3.22. The van der Waals surface area contributed by atoms with E-state index in [0.717, 1.165) is 23.3 Å². The molecule has 1 aromatic heterocycles. The summed E-state index contributed by atoms with van der Waals surface area (Å²) in [7, 11) is 1.63. The van der Waals surface area contributed by atoms with Crippen molar-refractivity contribution in [2.75, 3.05) is 13.7 Å². The Morgan fingerprint density at radius 2 is 2.12 bits per heavy atom. The summed E-state index contributed by atoms with van der Waals surface area (Å²) in [5, 5.41) is 2.83. The summed E-state index contributed by atoms with van der Waals surface area (Å²) in [4.78, 5) is 16.0. The Balaban J connectivity index is 1.46. The van der Waals surface area contributed by atoms with E-state index in [0.29, 0.717) is 29.5 Å². The fraction of sp³-hybridized carbons (Fsp3) is 0.200. The lowest BCUT2D eigenvalue weighted by Gasteiger charge is -2.17. The highest BCUT2D eigenvalue weighted by molar-refractivity contribution is 5.96. The Morgan fingerprint density at radius 1 is 1.19 bits per heavy atom. The van der Waals surface area contributed by atoms with Crippen molar-refractivity contribution in [2.45, 2.75) is 13.0 Å². The monoisotopic (exact) mass is 350 g/mol. The molecule has 1 aliphatic rings. The van der Waals surface area contributed by atoms with E-state index in [9.17, 15) is 4.79 Å². The van der Waals surface area contributed by atoms with Gasteiger partial charge in [0.15, 0.2) is 12.4 Å². The molecule has 6 heteroatoms. The average molecular weight is 350 g/mol. The van der Waals surface area contributed by atoms with Gasteiger partial charge in [0.25, 0.3) is 5.91 Å². The number of methoxy groups -OCH3 is 1. The van der Waals surface area contributed by atoms with Crippen molar-refractivity contribution >= 4 is 5.91 Å². The second kappa shape index (κ2) is 6.92. The van der Waals surface area contributed by atoms with Crippen LogP contribution in [-0.4, -0.2) is 24.5 Å². The van der Waals surface area contributed by atoms with Crippen molar-refractivity contribution in [3.8, 4) is 22.8 Å². The number of aromatic nitrogens is 1. The summed E-state index contributed by atoms with van der Waals surface area (Å²) in [5.74, 6) is 2.56. The van der Waals surface area contributed by atoms with E-state index in [-0.39, 0.29) is 12.5 Å². The average Bonchev–Trinajstić information content (AvgIpc) is 3.16. The molecule has 0 saturated heterocycles. The fourth-order valence-electron chi connectivity index (χ4n) is 2.93. The van der Waals surface area contributed by atoms with E-state index < -0.39 is 0 Å². The van der Waals surface area contributed by atoms with Crippen LogP contribution in [0.5, 0.6) is 11.5 Å². The summed E-state index contributed by atoms with van der Waals surface area (Å²) in [6, 6.07) is 13.1. The van der Waals surface area contributed by atoms with Gasteiger partial charge in [-0.3, -0.25) is 4.79 Å². The number of nitrogens with zero attached hydrogens (tertiary/aromatic N) is 1. The maximum absolute atomic E-state index is 11.8. The molecule has 0 unspecified atom stereocenters. The van der Waals surface area contributed by atoms with Gasteiger partial charge in [0.2, 0.25) is 5.89 Å². The highest BCUT2D eigenvalue weighted by Gasteiger charge is 2.17. The number of carbonyl (C=O) groups excluding carboxylic acids is 1. The lowest BCUT2D eigenvalue weighted by atomic mass is 10.0. The summed E-state index contributed by atoms with van der Waals surface area (Å²) in [5.41, 5.74) is 2.60. The highest BCUT2D eigenvalue weighted by Crippen LogP contribution is 2.25. The van der Waals surface area contributed by atoms with Crippen LogP contribution in [-0.2, 0) is 13.0 Å². The molecule has 6 nitrogen and oxygen atoms in total. The molecule has 2 heterocycles. The topological polar surface area (TPSA) is 73.6 Å². The molecule has 1 N–H and O–H groups in total. The number of hydrogen-bond donors (Lipinski definition) is 1. The van der Waals surface area contributed by atoms with E-state index in [4.69, 9.17) is 13.9 Å². The van der Waals surface area contributed by atoms with E-state index in [1.165, 1.54) is 0 Å². The van der Waals surface area contributed by atoms with Crippen molar-refractivity contribution < 1.29 is 18.7 Å². The number of benzene rings is 2. The van der Waals surface area contributed by atoms with E-state index in [1.54, 1.807) is 25.4 Å². The molecular weight excluding hydrogens is 332 g/mol. The molecule has 3 aromatic rings. The summed E-state index contributed by atoms with van der Waals surface area (Å²) in [6.45, 7) is 0.869. The minimum absolute atomic E-state index is 0.0339. The molecule has 0 aliphatic carbocycles. The van der Waals surface area contributed by atoms with Crippen LogP contribution in [0.1, 0.15) is 21.8 Å². The smallest absolute Gasteiger partial charge is 0.251 e. The minimum Gasteiger partial charge on any atom is -0.497 e. The van der Waals surface area contributed by atoms with Gasteiger partial charge < -0.3 is 19.2 Å². The van der Waals surface area contributed by atoms with E-state index in [2.05, 4.69) is 10.3 Å². The number of carbonyl (C=O) groups is 1. The predicted molar refractivity (Wildman–Crippen MR) is 95.3 cm³/mol. The zero-order valence-corrected chi connectivity index (χ0v) is 14.3. The lowest BCUT2D eigenvalue weighted by molar-refractivity contribution is 0.0946. The van der Waals surface area contributed by atoms with Crippen LogP contribution in [0.15, 0.2) is 53.1 Å². The number of hydrogen-bond acceptors (Lipinski definition) is 5. The quantitative estimate of drug-likeness (QED) is 0.765. The highest BCUT2D eigenvalue weighted by atomic mass is 16.5. The van der Waals surface area contributed by atoms with Crippen LogP contribution in [0.3, 0.4) is 0 Å². The molecule has 1 amide bonds. The molecule has 0 bridgehead atoms. The molecule has 0 radical (unpaired) electrons. The fourth-order valence-corrected chi connectivity index (χ4v) is 2.93. The molecule has 0 spiro atoms. The van der Waals surface area contributed by atoms with Gasteiger partial charge in [-0.15, -0.1) is 0 Å². The molecule has 2 aromatic carbocycles. The van der Waals surface area contributed by atoms with Gasteiger partial charge >= 0.3 is 0 Å². The molecular formula is C20H18N2O4. The third-order valence-corrected chi connectivity index (χ3v) is 4.27. The van der Waals surface area contributed by atoms with Crippen LogP contribution >= 0.6 is 0 Å². The van der Waals surface area contributed by atoms with Gasteiger partial charge in [-0.25, -0.2) is 4.98 Å². The first-order valence-corrected chi connectivity index (χ1v) is 8.36. The second-order valence-corrected chi connectivity index (χ2v) is 5.96. The first-order chi connectivity index (χ1) is 12.7. The third-order valence-electron chi connectivity index (χ3n) is 4.27. The standard InChI is InChI=1S/C20H18N2O4/c1-24-15-4-2-3-14(10-15)18-11-22-19(26-18)12-25-16-5-6-17-13(9-16)7-8-21-20(17)23/h2-6,9-11H,7-8,12H2,1H3,(H,21,23). The first kappa shape index (κ1) is 16.2. The zero-order chi connectivity index (χ0) is 17.9. The molecule has 0 fully saturated rings. The number of amides is 1. The number of ether oxygens (including phenoxy) is 2. The number of nitrogens with one attached hydrogen (secondary N) is 1. The number of fused-ring (bicyclic) bond motifs is 1. The van der Waals surface area contributed by atoms with Gasteiger partial charge in [0.1, 0.15) is 11.5 Å². The number of oxazole rings is 1. The number of rotatable bonds is 5. The summed E-state index contributed by atoms with van der Waals surface area (Å²) < 4.78 is 16.8. The molecule has 0 atom stereocenters. The first-order valence-electron chi connectivity index (χ1n) is 8.36. The third kappa shape index (κ3) is 3.26. The van der Waals surface area contributed by atoms with Crippen LogP contribution in [0.25, 0.3) is 11.3 Å². The van der Waals surface area contributed by atoms with Crippen LogP contribution in [0.4, 0.5) is 0 Å². The van der Waals surface area contributed by atoms with E-state index in [1.807, 2.05) is 30.3 Å². The van der Waals surface area contributed by atoms with Crippen molar-refractivity contribution in [1.82, 2.24) is 10.3 Å². The minimum atomic E-state index is -0.0339. The molecule has 0 saturated carbocycles. The second-order valence-electron chi connectivity index (χ2n) is 5.96. The van der Waals surface area contributed by atoms with Gasteiger partial charge in [-0.1, -0.05) is 12.1 Å². The lowest BCUT2D eigenvalue weighted by Crippen LogP contribution is -2.31. The normalized spacial score (nSPS) is 13.0. The molecule has 26 heavy (non-hydrogen) atoms. The van der Waals surface area contributed by atoms with Crippen molar-refractivity contribution in [3.05, 3.63) is 65.7 Å². The maximum atomic E-state index is 11.8. The summed E-state index contributed by atoms with van der Waals surface area (Å²) >= 11 is 0. The largest absolute Gasteiger partial charge is 0.497 e. The van der Waals surface area contributed by atoms with Crippen LogP contribution in [0.2, 0.25) is 0 Å².